The molecule has 2 rings (SSSR count). The van der Waals surface area contributed by atoms with Crippen molar-refractivity contribution in [1.82, 2.24) is 5.32 Å². The average Bonchev–Trinajstić information content (AvgIpc) is 2.58. The van der Waals surface area contributed by atoms with Crippen LogP contribution in [0.25, 0.3) is 0 Å². The minimum Gasteiger partial charge on any atom is -0.492 e. The molecule has 2 aromatic carbocycles. The fourth-order valence-corrected chi connectivity index (χ4v) is 2.49. The van der Waals surface area contributed by atoms with Crippen molar-refractivity contribution in [1.29, 1.82) is 0 Å². The lowest BCUT2D eigenvalue weighted by Gasteiger charge is -2.10. The zero-order valence-corrected chi connectivity index (χ0v) is 14.6. The predicted molar refractivity (Wildman–Crippen MR) is 94.0 cm³/mol. The van der Waals surface area contributed by atoms with E-state index in [9.17, 15) is 4.79 Å². The van der Waals surface area contributed by atoms with Crippen molar-refractivity contribution in [3.8, 4) is 11.5 Å². The van der Waals surface area contributed by atoms with Gasteiger partial charge in [-0.05, 0) is 52.2 Å². The van der Waals surface area contributed by atoms with Crippen LogP contribution in [0.15, 0.2) is 53.0 Å². The summed E-state index contributed by atoms with van der Waals surface area (Å²) in [5.74, 6) is 1.28. The highest BCUT2D eigenvalue weighted by Crippen LogP contribution is 2.26. The Hall–Kier alpha value is -2.01. The Balaban J connectivity index is 1.67. The van der Waals surface area contributed by atoms with Crippen molar-refractivity contribution in [2.24, 2.45) is 0 Å². The van der Waals surface area contributed by atoms with Crippen molar-refractivity contribution in [2.45, 2.75) is 13.3 Å². The van der Waals surface area contributed by atoms with Gasteiger partial charge in [-0.15, -0.1) is 0 Å². The van der Waals surface area contributed by atoms with Gasteiger partial charge in [0.15, 0.2) is 6.61 Å². The zero-order valence-electron chi connectivity index (χ0n) is 13.0. The lowest BCUT2D eigenvalue weighted by molar-refractivity contribution is -0.123. The largest absolute Gasteiger partial charge is 0.492 e. The SMILES string of the molecule is CCc1ccc(OCC(=O)NCCOc2ccccc2)c(Br)c1. The molecule has 2 aromatic rings. The second kappa shape index (κ2) is 9.20. The number of carbonyl (C=O) groups excluding carboxylic acids is 1. The number of halogens is 1. The Labute approximate surface area is 144 Å². The van der Waals surface area contributed by atoms with Gasteiger partial charge in [-0.2, -0.15) is 0 Å². The smallest absolute Gasteiger partial charge is 0.258 e. The molecule has 0 radical (unpaired) electrons. The second-order valence-corrected chi connectivity index (χ2v) is 5.77. The van der Waals surface area contributed by atoms with Crippen LogP contribution in [0.3, 0.4) is 0 Å². The molecule has 122 valence electrons. The van der Waals surface area contributed by atoms with E-state index in [1.54, 1.807) is 0 Å². The molecule has 0 aliphatic carbocycles. The molecule has 0 aromatic heterocycles. The molecule has 0 saturated heterocycles. The number of hydrogen-bond acceptors (Lipinski definition) is 3. The summed E-state index contributed by atoms with van der Waals surface area (Å²) in [5.41, 5.74) is 1.21. The number of ether oxygens (including phenoxy) is 2. The quantitative estimate of drug-likeness (QED) is 0.715. The molecule has 0 heterocycles. The van der Waals surface area contributed by atoms with Gasteiger partial charge in [-0.1, -0.05) is 31.2 Å². The highest BCUT2D eigenvalue weighted by atomic mass is 79.9. The first-order valence-electron chi connectivity index (χ1n) is 7.55. The van der Waals surface area contributed by atoms with Crippen LogP contribution in [0.2, 0.25) is 0 Å². The van der Waals surface area contributed by atoms with E-state index in [4.69, 9.17) is 9.47 Å². The van der Waals surface area contributed by atoms with Gasteiger partial charge in [0.05, 0.1) is 11.0 Å². The molecule has 0 aliphatic heterocycles. The van der Waals surface area contributed by atoms with Gasteiger partial charge in [0.2, 0.25) is 0 Å². The van der Waals surface area contributed by atoms with Crippen LogP contribution in [0.5, 0.6) is 11.5 Å². The molecule has 1 N–H and O–H groups in total. The van der Waals surface area contributed by atoms with E-state index in [0.717, 1.165) is 16.6 Å². The summed E-state index contributed by atoms with van der Waals surface area (Å²) in [5, 5.41) is 2.76. The van der Waals surface area contributed by atoms with Crippen LogP contribution in [0.4, 0.5) is 0 Å². The summed E-state index contributed by atoms with van der Waals surface area (Å²) < 4.78 is 11.9. The maximum Gasteiger partial charge on any atom is 0.258 e. The third kappa shape index (κ3) is 5.94. The molecule has 0 aliphatic rings. The highest BCUT2D eigenvalue weighted by molar-refractivity contribution is 9.10. The topological polar surface area (TPSA) is 47.6 Å². The lowest BCUT2D eigenvalue weighted by Crippen LogP contribution is -2.32. The maximum absolute atomic E-state index is 11.8. The molecular formula is C18H20BrNO3. The number of hydrogen-bond donors (Lipinski definition) is 1. The van der Waals surface area contributed by atoms with Gasteiger partial charge in [0.1, 0.15) is 18.1 Å². The number of nitrogens with one attached hydrogen (secondary N) is 1. The monoisotopic (exact) mass is 377 g/mol. The van der Waals surface area contributed by atoms with Crippen LogP contribution in [-0.2, 0) is 11.2 Å². The normalized spacial score (nSPS) is 10.2. The molecule has 0 spiro atoms. The van der Waals surface area contributed by atoms with Crippen molar-refractivity contribution in [3.63, 3.8) is 0 Å². The highest BCUT2D eigenvalue weighted by Gasteiger charge is 2.06. The minimum atomic E-state index is -0.173. The van der Waals surface area contributed by atoms with Crippen molar-refractivity contribution in [3.05, 3.63) is 58.6 Å². The van der Waals surface area contributed by atoms with Gasteiger partial charge in [-0.25, -0.2) is 0 Å². The molecule has 5 heteroatoms. The van der Waals surface area contributed by atoms with Crippen LogP contribution >= 0.6 is 15.9 Å². The number of rotatable bonds is 8. The molecule has 0 bridgehead atoms. The fourth-order valence-electron chi connectivity index (χ4n) is 1.95. The minimum absolute atomic E-state index is 0.0184. The predicted octanol–water partition coefficient (Wildman–Crippen LogP) is 3.59. The summed E-state index contributed by atoms with van der Waals surface area (Å²) in [6.07, 6.45) is 0.959. The second-order valence-electron chi connectivity index (χ2n) is 4.92. The van der Waals surface area contributed by atoms with Crippen molar-refractivity contribution in [2.75, 3.05) is 19.8 Å². The number of carbonyl (C=O) groups is 1. The van der Waals surface area contributed by atoms with Gasteiger partial charge in [0.25, 0.3) is 5.91 Å². The first-order chi connectivity index (χ1) is 11.2. The molecule has 1 amide bonds. The standard InChI is InChI=1S/C18H20BrNO3/c1-2-14-8-9-17(16(19)12-14)23-13-18(21)20-10-11-22-15-6-4-3-5-7-15/h3-9,12H,2,10-11,13H2,1H3,(H,20,21). The number of para-hydroxylation sites is 1. The van der Waals surface area contributed by atoms with Crippen LogP contribution in [-0.4, -0.2) is 25.7 Å². The van der Waals surface area contributed by atoms with Gasteiger partial charge >= 0.3 is 0 Å². The Bertz CT molecular complexity index is 631. The first kappa shape index (κ1) is 17.3. The fraction of sp³-hybridized carbons (Fsp3) is 0.278. The van der Waals surface area contributed by atoms with E-state index in [0.29, 0.717) is 18.9 Å². The van der Waals surface area contributed by atoms with E-state index in [1.165, 1.54) is 5.56 Å². The third-order valence-electron chi connectivity index (χ3n) is 3.20. The number of benzene rings is 2. The van der Waals surface area contributed by atoms with E-state index >= 15 is 0 Å². The lowest BCUT2D eigenvalue weighted by atomic mass is 10.2. The van der Waals surface area contributed by atoms with E-state index in [-0.39, 0.29) is 12.5 Å². The molecule has 0 atom stereocenters. The maximum atomic E-state index is 11.8. The molecule has 0 fully saturated rings. The van der Waals surface area contributed by atoms with Gasteiger partial charge in [-0.3, -0.25) is 4.79 Å². The summed E-state index contributed by atoms with van der Waals surface area (Å²) in [4.78, 5) is 11.8. The zero-order chi connectivity index (χ0) is 16.5. The molecular weight excluding hydrogens is 358 g/mol. The Morgan fingerprint density at radius 3 is 2.61 bits per heavy atom. The molecule has 0 unspecified atom stereocenters. The van der Waals surface area contributed by atoms with Crippen molar-refractivity contribution < 1.29 is 14.3 Å². The number of aryl methyl sites for hydroxylation is 1. The van der Waals surface area contributed by atoms with E-state index < -0.39 is 0 Å². The molecule has 4 nitrogen and oxygen atoms in total. The summed E-state index contributed by atoms with van der Waals surface area (Å²) in [6.45, 7) is 2.93. The third-order valence-corrected chi connectivity index (χ3v) is 3.82. The van der Waals surface area contributed by atoms with Crippen molar-refractivity contribution >= 4 is 21.8 Å². The van der Waals surface area contributed by atoms with Gasteiger partial charge in [0, 0.05) is 0 Å². The van der Waals surface area contributed by atoms with Crippen LogP contribution < -0.4 is 14.8 Å². The Morgan fingerprint density at radius 2 is 1.91 bits per heavy atom. The van der Waals surface area contributed by atoms with Crippen LogP contribution in [0, 0.1) is 0 Å². The van der Waals surface area contributed by atoms with Crippen LogP contribution in [0.1, 0.15) is 12.5 Å². The summed E-state index contributed by atoms with van der Waals surface area (Å²) in [7, 11) is 0. The number of amides is 1. The average molecular weight is 378 g/mol. The Morgan fingerprint density at radius 1 is 1.13 bits per heavy atom. The van der Waals surface area contributed by atoms with E-state index in [2.05, 4.69) is 28.2 Å². The summed E-state index contributed by atoms with van der Waals surface area (Å²) >= 11 is 3.45. The van der Waals surface area contributed by atoms with E-state index in [1.807, 2.05) is 48.5 Å². The Kier molecular flexibility index (Phi) is 6.94. The summed E-state index contributed by atoms with van der Waals surface area (Å²) in [6, 6.07) is 15.4. The van der Waals surface area contributed by atoms with Gasteiger partial charge < -0.3 is 14.8 Å². The first-order valence-corrected chi connectivity index (χ1v) is 8.34. The molecule has 23 heavy (non-hydrogen) atoms. The molecule has 0 saturated carbocycles.